The van der Waals surface area contributed by atoms with Gasteiger partial charge in [-0.15, -0.1) is 0 Å². The predicted molar refractivity (Wildman–Crippen MR) is 88.5 cm³/mol. The Balaban J connectivity index is 1.79. The molecule has 1 heterocycles. The fourth-order valence-electron chi connectivity index (χ4n) is 3.03. The Morgan fingerprint density at radius 1 is 1.13 bits per heavy atom. The minimum absolute atomic E-state index is 0.0132. The Morgan fingerprint density at radius 2 is 1.91 bits per heavy atom. The van der Waals surface area contributed by atoms with Crippen LogP contribution in [0.3, 0.4) is 0 Å². The average molecular weight is 311 g/mol. The van der Waals surface area contributed by atoms with E-state index in [1.165, 1.54) is 0 Å². The number of likely N-dealkylation sites (tertiary alicyclic amines) is 1. The molecule has 0 bridgehead atoms. The maximum absolute atomic E-state index is 12.6. The SMILES string of the molecule is O=C(c1cc(Cc2ccccc2)ccc1O)N1CCC(CO)C1. The summed E-state index contributed by atoms with van der Waals surface area (Å²) < 4.78 is 0. The van der Waals surface area contributed by atoms with Crippen LogP contribution in [0.25, 0.3) is 0 Å². The van der Waals surface area contributed by atoms with E-state index in [1.54, 1.807) is 17.0 Å². The summed E-state index contributed by atoms with van der Waals surface area (Å²) in [4.78, 5) is 14.3. The van der Waals surface area contributed by atoms with Gasteiger partial charge in [-0.1, -0.05) is 36.4 Å². The van der Waals surface area contributed by atoms with E-state index in [0.29, 0.717) is 18.7 Å². The first kappa shape index (κ1) is 15.6. The highest BCUT2D eigenvalue weighted by molar-refractivity contribution is 5.97. The van der Waals surface area contributed by atoms with Gasteiger partial charge in [0.1, 0.15) is 5.75 Å². The van der Waals surface area contributed by atoms with Crippen LogP contribution in [0.5, 0.6) is 5.75 Å². The molecule has 1 unspecified atom stereocenters. The van der Waals surface area contributed by atoms with Crippen molar-refractivity contribution < 1.29 is 15.0 Å². The van der Waals surface area contributed by atoms with Crippen LogP contribution in [0.2, 0.25) is 0 Å². The van der Waals surface area contributed by atoms with Gasteiger partial charge >= 0.3 is 0 Å². The lowest BCUT2D eigenvalue weighted by Crippen LogP contribution is -2.29. The fraction of sp³-hybridized carbons (Fsp3) is 0.316. The van der Waals surface area contributed by atoms with Crippen molar-refractivity contribution in [3.05, 3.63) is 65.2 Å². The molecule has 0 aromatic heterocycles. The number of phenols is 1. The lowest BCUT2D eigenvalue weighted by atomic mass is 10.0. The molecule has 120 valence electrons. The molecule has 1 aliphatic heterocycles. The van der Waals surface area contributed by atoms with Crippen molar-refractivity contribution in [1.82, 2.24) is 4.90 Å². The zero-order chi connectivity index (χ0) is 16.2. The van der Waals surface area contributed by atoms with Crippen LogP contribution in [0.15, 0.2) is 48.5 Å². The summed E-state index contributed by atoms with van der Waals surface area (Å²) in [5, 5.41) is 19.3. The molecule has 2 aromatic carbocycles. The third-order valence-corrected chi connectivity index (χ3v) is 4.37. The molecule has 4 nitrogen and oxygen atoms in total. The number of phenolic OH excluding ortho intramolecular Hbond substituents is 1. The van der Waals surface area contributed by atoms with Gasteiger partial charge in [-0.3, -0.25) is 4.79 Å². The molecule has 0 aliphatic carbocycles. The van der Waals surface area contributed by atoms with Gasteiger partial charge < -0.3 is 15.1 Å². The number of aromatic hydroxyl groups is 1. The van der Waals surface area contributed by atoms with Crippen molar-refractivity contribution in [2.24, 2.45) is 5.92 Å². The number of hydrogen-bond donors (Lipinski definition) is 2. The molecule has 2 N–H and O–H groups in total. The molecule has 1 saturated heterocycles. The Bertz CT molecular complexity index is 684. The van der Waals surface area contributed by atoms with Crippen molar-refractivity contribution in [1.29, 1.82) is 0 Å². The van der Waals surface area contributed by atoms with Crippen LogP contribution >= 0.6 is 0 Å². The number of rotatable bonds is 4. The molecule has 3 rings (SSSR count). The molecule has 1 amide bonds. The van der Waals surface area contributed by atoms with Gasteiger partial charge in [0.15, 0.2) is 0 Å². The van der Waals surface area contributed by atoms with Crippen molar-refractivity contribution in [2.75, 3.05) is 19.7 Å². The van der Waals surface area contributed by atoms with E-state index in [9.17, 15) is 15.0 Å². The van der Waals surface area contributed by atoms with E-state index < -0.39 is 0 Å². The summed E-state index contributed by atoms with van der Waals surface area (Å²) in [7, 11) is 0. The number of hydrogen-bond acceptors (Lipinski definition) is 3. The molecule has 2 aromatic rings. The van der Waals surface area contributed by atoms with Crippen LogP contribution < -0.4 is 0 Å². The summed E-state index contributed by atoms with van der Waals surface area (Å²) in [6, 6.07) is 15.2. The van der Waals surface area contributed by atoms with Gasteiger partial charge in [0, 0.05) is 25.6 Å². The van der Waals surface area contributed by atoms with Gasteiger partial charge in [-0.05, 0) is 36.1 Å². The number of nitrogens with zero attached hydrogens (tertiary/aromatic N) is 1. The summed E-state index contributed by atoms with van der Waals surface area (Å²) in [6.07, 6.45) is 1.54. The quantitative estimate of drug-likeness (QED) is 0.912. The number of carbonyl (C=O) groups is 1. The van der Waals surface area contributed by atoms with E-state index in [0.717, 1.165) is 24.0 Å². The van der Waals surface area contributed by atoms with Crippen molar-refractivity contribution in [2.45, 2.75) is 12.8 Å². The minimum Gasteiger partial charge on any atom is -0.507 e. The second-order valence-electron chi connectivity index (χ2n) is 6.10. The normalized spacial score (nSPS) is 17.4. The van der Waals surface area contributed by atoms with E-state index in [4.69, 9.17) is 0 Å². The fourth-order valence-corrected chi connectivity index (χ4v) is 3.03. The maximum atomic E-state index is 12.6. The van der Waals surface area contributed by atoms with E-state index in [2.05, 4.69) is 0 Å². The van der Waals surface area contributed by atoms with E-state index in [1.807, 2.05) is 36.4 Å². The number of aliphatic hydroxyl groups is 1. The zero-order valence-corrected chi connectivity index (χ0v) is 13.0. The number of benzene rings is 2. The summed E-state index contributed by atoms with van der Waals surface area (Å²) >= 11 is 0. The van der Waals surface area contributed by atoms with Crippen LogP contribution in [-0.2, 0) is 6.42 Å². The van der Waals surface area contributed by atoms with Gasteiger partial charge in [-0.2, -0.15) is 0 Å². The molecule has 0 radical (unpaired) electrons. The smallest absolute Gasteiger partial charge is 0.257 e. The highest BCUT2D eigenvalue weighted by Crippen LogP contribution is 2.25. The lowest BCUT2D eigenvalue weighted by molar-refractivity contribution is 0.0779. The predicted octanol–water partition coefficient (Wildman–Crippen LogP) is 2.44. The Kier molecular flexibility index (Phi) is 4.63. The van der Waals surface area contributed by atoms with Crippen LogP contribution in [-0.4, -0.2) is 40.7 Å². The van der Waals surface area contributed by atoms with Gasteiger partial charge in [0.25, 0.3) is 5.91 Å². The monoisotopic (exact) mass is 311 g/mol. The van der Waals surface area contributed by atoms with Crippen LogP contribution in [0.1, 0.15) is 27.9 Å². The van der Waals surface area contributed by atoms with E-state index in [-0.39, 0.29) is 24.2 Å². The van der Waals surface area contributed by atoms with Gasteiger partial charge in [-0.25, -0.2) is 0 Å². The van der Waals surface area contributed by atoms with Gasteiger partial charge in [0.2, 0.25) is 0 Å². The highest BCUT2D eigenvalue weighted by Gasteiger charge is 2.27. The first-order chi connectivity index (χ1) is 11.2. The van der Waals surface area contributed by atoms with Crippen LogP contribution in [0, 0.1) is 5.92 Å². The Hall–Kier alpha value is -2.33. The molecular weight excluding hydrogens is 290 g/mol. The van der Waals surface area contributed by atoms with Gasteiger partial charge in [0.05, 0.1) is 5.56 Å². The summed E-state index contributed by atoms with van der Waals surface area (Å²) in [5.74, 6) is 0.00113. The molecule has 0 spiro atoms. The largest absolute Gasteiger partial charge is 0.507 e. The zero-order valence-electron chi connectivity index (χ0n) is 13.0. The molecule has 4 heteroatoms. The summed E-state index contributed by atoms with van der Waals surface area (Å²) in [5.41, 5.74) is 2.50. The van der Waals surface area contributed by atoms with Crippen molar-refractivity contribution in [3.8, 4) is 5.75 Å². The number of amides is 1. The molecular formula is C19H21NO3. The third kappa shape index (κ3) is 3.54. The lowest BCUT2D eigenvalue weighted by Gasteiger charge is -2.17. The minimum atomic E-state index is -0.159. The Morgan fingerprint density at radius 3 is 2.61 bits per heavy atom. The second-order valence-corrected chi connectivity index (χ2v) is 6.10. The third-order valence-electron chi connectivity index (χ3n) is 4.37. The highest BCUT2D eigenvalue weighted by atomic mass is 16.3. The van der Waals surface area contributed by atoms with Crippen molar-refractivity contribution >= 4 is 5.91 Å². The first-order valence-electron chi connectivity index (χ1n) is 7.93. The molecule has 0 saturated carbocycles. The standard InChI is InChI=1S/C19H21NO3/c21-13-16-8-9-20(12-16)19(23)17-11-15(6-7-18(17)22)10-14-4-2-1-3-5-14/h1-7,11,16,21-22H,8-10,12-13H2. The summed E-state index contributed by atoms with van der Waals surface area (Å²) in [6.45, 7) is 1.29. The van der Waals surface area contributed by atoms with Crippen molar-refractivity contribution in [3.63, 3.8) is 0 Å². The maximum Gasteiger partial charge on any atom is 0.257 e. The Labute approximate surface area is 136 Å². The molecule has 1 atom stereocenters. The van der Waals surface area contributed by atoms with Crippen LogP contribution in [0.4, 0.5) is 0 Å². The molecule has 1 fully saturated rings. The molecule has 1 aliphatic rings. The number of aliphatic hydroxyl groups excluding tert-OH is 1. The second kappa shape index (κ2) is 6.84. The molecule has 23 heavy (non-hydrogen) atoms. The average Bonchev–Trinajstić information content (AvgIpc) is 3.06. The van der Waals surface area contributed by atoms with E-state index >= 15 is 0 Å². The topological polar surface area (TPSA) is 60.8 Å². The first-order valence-corrected chi connectivity index (χ1v) is 7.93. The number of carbonyl (C=O) groups excluding carboxylic acids is 1.